The van der Waals surface area contributed by atoms with Gasteiger partial charge >= 0.3 is 0 Å². The SMILES string of the molecule is COc1ccc([C@@H](C)CN2CCC[C@H](C(=O)N3CCOCC3)C2)cc1. The van der Waals surface area contributed by atoms with Gasteiger partial charge in [0.25, 0.3) is 0 Å². The number of benzene rings is 1. The van der Waals surface area contributed by atoms with Gasteiger partial charge in [-0.3, -0.25) is 4.79 Å². The molecule has 0 radical (unpaired) electrons. The quantitative estimate of drug-likeness (QED) is 0.821. The number of carbonyl (C=O) groups excluding carboxylic acids is 1. The third-order valence-corrected chi connectivity index (χ3v) is 5.39. The zero-order valence-corrected chi connectivity index (χ0v) is 15.4. The largest absolute Gasteiger partial charge is 0.497 e. The number of carbonyl (C=O) groups is 1. The summed E-state index contributed by atoms with van der Waals surface area (Å²) >= 11 is 0. The van der Waals surface area contributed by atoms with E-state index in [1.807, 2.05) is 17.0 Å². The Morgan fingerprint density at radius 2 is 1.96 bits per heavy atom. The Balaban J connectivity index is 1.54. The van der Waals surface area contributed by atoms with Gasteiger partial charge in [0.15, 0.2) is 0 Å². The number of amides is 1. The summed E-state index contributed by atoms with van der Waals surface area (Å²) in [6, 6.07) is 8.33. The summed E-state index contributed by atoms with van der Waals surface area (Å²) in [5.41, 5.74) is 1.32. The Labute approximate surface area is 150 Å². The van der Waals surface area contributed by atoms with Crippen LogP contribution in [0, 0.1) is 5.92 Å². The molecule has 0 N–H and O–H groups in total. The first-order chi connectivity index (χ1) is 12.2. The van der Waals surface area contributed by atoms with Crippen LogP contribution in [0.3, 0.4) is 0 Å². The third-order valence-electron chi connectivity index (χ3n) is 5.39. The summed E-state index contributed by atoms with van der Waals surface area (Å²) in [6.07, 6.45) is 2.12. The molecular formula is C20H30N2O3. The second kappa shape index (κ2) is 8.68. The average Bonchev–Trinajstić information content (AvgIpc) is 2.68. The number of hydrogen-bond acceptors (Lipinski definition) is 4. The van der Waals surface area contributed by atoms with E-state index in [0.29, 0.717) is 25.0 Å². The van der Waals surface area contributed by atoms with E-state index in [1.54, 1.807) is 7.11 Å². The monoisotopic (exact) mass is 346 g/mol. The number of methoxy groups -OCH3 is 1. The molecule has 1 amide bonds. The van der Waals surface area contributed by atoms with Crippen LogP contribution in [0.4, 0.5) is 0 Å². The molecule has 0 saturated carbocycles. The van der Waals surface area contributed by atoms with E-state index in [4.69, 9.17) is 9.47 Å². The first-order valence-corrected chi connectivity index (χ1v) is 9.40. The van der Waals surface area contributed by atoms with Crippen LogP contribution < -0.4 is 4.74 Å². The minimum Gasteiger partial charge on any atom is -0.497 e. The summed E-state index contributed by atoms with van der Waals surface area (Å²) in [4.78, 5) is 17.2. The Morgan fingerprint density at radius 1 is 1.24 bits per heavy atom. The summed E-state index contributed by atoms with van der Waals surface area (Å²) in [5, 5.41) is 0. The topological polar surface area (TPSA) is 42.0 Å². The molecule has 138 valence electrons. The molecule has 2 atom stereocenters. The Morgan fingerprint density at radius 3 is 2.64 bits per heavy atom. The molecule has 0 bridgehead atoms. The van der Waals surface area contributed by atoms with E-state index in [1.165, 1.54) is 5.56 Å². The van der Waals surface area contributed by atoms with Crippen molar-refractivity contribution in [2.75, 3.05) is 53.0 Å². The molecule has 2 saturated heterocycles. The normalized spacial score (nSPS) is 23.3. The molecule has 1 aromatic rings. The smallest absolute Gasteiger partial charge is 0.227 e. The summed E-state index contributed by atoms with van der Waals surface area (Å²) in [5.74, 6) is 1.81. The molecule has 1 aromatic carbocycles. The number of likely N-dealkylation sites (tertiary alicyclic amines) is 1. The summed E-state index contributed by atoms with van der Waals surface area (Å²) in [6.45, 7) is 8.08. The minimum absolute atomic E-state index is 0.148. The van der Waals surface area contributed by atoms with Gasteiger partial charge < -0.3 is 19.3 Å². The van der Waals surface area contributed by atoms with E-state index >= 15 is 0 Å². The van der Waals surface area contributed by atoms with Crippen molar-refractivity contribution in [2.24, 2.45) is 5.92 Å². The standard InChI is InChI=1S/C20H30N2O3/c1-16(17-5-7-19(24-2)8-6-17)14-21-9-3-4-18(15-21)20(23)22-10-12-25-13-11-22/h5-8,16,18H,3-4,9-15H2,1-2H3/t16-,18-/m0/s1. The third kappa shape index (κ3) is 4.73. The van der Waals surface area contributed by atoms with Crippen molar-refractivity contribution in [1.29, 1.82) is 0 Å². The molecule has 2 heterocycles. The molecule has 0 aliphatic carbocycles. The fourth-order valence-corrected chi connectivity index (χ4v) is 3.89. The van der Waals surface area contributed by atoms with Crippen molar-refractivity contribution in [3.05, 3.63) is 29.8 Å². The molecule has 5 nitrogen and oxygen atoms in total. The number of morpholine rings is 1. The Bertz CT molecular complexity index is 555. The lowest BCUT2D eigenvalue weighted by molar-refractivity contribution is -0.141. The van der Waals surface area contributed by atoms with Gasteiger partial charge in [0.2, 0.25) is 5.91 Å². The maximum absolute atomic E-state index is 12.8. The fraction of sp³-hybridized carbons (Fsp3) is 0.650. The molecular weight excluding hydrogens is 316 g/mol. The Kier molecular flexibility index (Phi) is 6.32. The van der Waals surface area contributed by atoms with E-state index in [2.05, 4.69) is 24.0 Å². The van der Waals surface area contributed by atoms with Gasteiger partial charge in [0, 0.05) is 26.2 Å². The van der Waals surface area contributed by atoms with Crippen molar-refractivity contribution in [3.8, 4) is 5.75 Å². The molecule has 2 aliphatic rings. The van der Waals surface area contributed by atoms with Gasteiger partial charge in [-0.1, -0.05) is 19.1 Å². The number of nitrogens with zero attached hydrogens (tertiary/aromatic N) is 2. The first-order valence-electron chi connectivity index (χ1n) is 9.40. The summed E-state index contributed by atoms with van der Waals surface area (Å²) < 4.78 is 10.6. The summed E-state index contributed by atoms with van der Waals surface area (Å²) in [7, 11) is 1.69. The highest BCUT2D eigenvalue weighted by atomic mass is 16.5. The molecule has 2 aliphatic heterocycles. The lowest BCUT2D eigenvalue weighted by Crippen LogP contribution is -2.48. The van der Waals surface area contributed by atoms with Crippen LogP contribution in [0.5, 0.6) is 5.75 Å². The van der Waals surface area contributed by atoms with Gasteiger partial charge in [-0.2, -0.15) is 0 Å². The highest BCUT2D eigenvalue weighted by Gasteiger charge is 2.30. The van der Waals surface area contributed by atoms with E-state index in [0.717, 1.165) is 51.3 Å². The molecule has 5 heteroatoms. The lowest BCUT2D eigenvalue weighted by Gasteiger charge is -2.37. The van der Waals surface area contributed by atoms with E-state index in [9.17, 15) is 4.79 Å². The van der Waals surface area contributed by atoms with Gasteiger partial charge in [-0.15, -0.1) is 0 Å². The van der Waals surface area contributed by atoms with Crippen molar-refractivity contribution in [3.63, 3.8) is 0 Å². The number of rotatable bonds is 5. The maximum atomic E-state index is 12.8. The van der Waals surface area contributed by atoms with Gasteiger partial charge in [-0.05, 0) is 43.0 Å². The van der Waals surface area contributed by atoms with Crippen molar-refractivity contribution in [2.45, 2.75) is 25.7 Å². The van der Waals surface area contributed by atoms with Crippen LogP contribution in [-0.4, -0.2) is 68.8 Å². The van der Waals surface area contributed by atoms with Crippen LogP contribution in [-0.2, 0) is 9.53 Å². The van der Waals surface area contributed by atoms with Gasteiger partial charge in [0.05, 0.1) is 26.2 Å². The van der Waals surface area contributed by atoms with E-state index < -0.39 is 0 Å². The van der Waals surface area contributed by atoms with Crippen LogP contribution in [0.15, 0.2) is 24.3 Å². The van der Waals surface area contributed by atoms with Crippen molar-refractivity contribution < 1.29 is 14.3 Å². The van der Waals surface area contributed by atoms with Crippen LogP contribution >= 0.6 is 0 Å². The highest BCUT2D eigenvalue weighted by Crippen LogP contribution is 2.24. The van der Waals surface area contributed by atoms with Crippen LogP contribution in [0.2, 0.25) is 0 Å². The first kappa shape index (κ1) is 18.2. The molecule has 25 heavy (non-hydrogen) atoms. The van der Waals surface area contributed by atoms with Crippen molar-refractivity contribution in [1.82, 2.24) is 9.80 Å². The van der Waals surface area contributed by atoms with Gasteiger partial charge in [-0.25, -0.2) is 0 Å². The zero-order chi connectivity index (χ0) is 17.6. The minimum atomic E-state index is 0.148. The maximum Gasteiger partial charge on any atom is 0.227 e. The van der Waals surface area contributed by atoms with Crippen LogP contribution in [0.1, 0.15) is 31.2 Å². The second-order valence-electron chi connectivity index (χ2n) is 7.21. The number of hydrogen-bond donors (Lipinski definition) is 0. The molecule has 0 aromatic heterocycles. The van der Waals surface area contributed by atoms with Gasteiger partial charge in [0.1, 0.15) is 5.75 Å². The fourth-order valence-electron chi connectivity index (χ4n) is 3.89. The average molecular weight is 346 g/mol. The predicted molar refractivity (Wildman–Crippen MR) is 98.0 cm³/mol. The zero-order valence-electron chi connectivity index (χ0n) is 15.4. The van der Waals surface area contributed by atoms with Crippen molar-refractivity contribution >= 4 is 5.91 Å². The van der Waals surface area contributed by atoms with E-state index in [-0.39, 0.29) is 5.92 Å². The number of piperidine rings is 1. The predicted octanol–water partition coefficient (Wildman–Crippen LogP) is 2.37. The molecule has 0 spiro atoms. The molecule has 0 unspecified atom stereocenters. The molecule has 3 rings (SSSR count). The second-order valence-corrected chi connectivity index (χ2v) is 7.21. The molecule has 2 fully saturated rings. The lowest BCUT2D eigenvalue weighted by atomic mass is 9.94. The highest BCUT2D eigenvalue weighted by molar-refractivity contribution is 5.79. The Hall–Kier alpha value is -1.59. The number of ether oxygens (including phenoxy) is 2. The van der Waals surface area contributed by atoms with Crippen LogP contribution in [0.25, 0.3) is 0 Å².